The molecule has 0 fully saturated rings. The van der Waals surface area contributed by atoms with Crippen molar-refractivity contribution < 1.29 is 4.79 Å². The van der Waals surface area contributed by atoms with Crippen molar-refractivity contribution in [2.75, 3.05) is 5.01 Å². The van der Waals surface area contributed by atoms with Gasteiger partial charge in [0.15, 0.2) is 0 Å². The first-order valence-electron chi connectivity index (χ1n) is 3.72. The van der Waals surface area contributed by atoms with E-state index in [-0.39, 0.29) is 6.42 Å². The molecule has 0 aromatic carbocycles. The molecular weight excluding hydrogens is 168 g/mol. The molecule has 0 unspecified atom stereocenters. The van der Waals surface area contributed by atoms with Crippen molar-refractivity contribution in [1.29, 1.82) is 5.41 Å². The molecule has 5 nitrogen and oxygen atoms in total. The van der Waals surface area contributed by atoms with Crippen LogP contribution in [-0.4, -0.2) is 17.6 Å². The van der Waals surface area contributed by atoms with E-state index in [9.17, 15) is 4.79 Å². The highest BCUT2D eigenvalue weighted by atomic mass is 16.1. The summed E-state index contributed by atoms with van der Waals surface area (Å²) in [4.78, 5) is 14.2. The first-order valence-corrected chi connectivity index (χ1v) is 3.72. The Labute approximate surface area is 75.7 Å². The van der Waals surface area contributed by atoms with Crippen molar-refractivity contribution in [3.05, 3.63) is 23.9 Å². The van der Waals surface area contributed by atoms with Crippen LogP contribution in [0.2, 0.25) is 0 Å². The number of hydrogen-bond donors (Lipinski definition) is 2. The average molecular weight is 178 g/mol. The lowest BCUT2D eigenvalue weighted by Gasteiger charge is -2.10. The van der Waals surface area contributed by atoms with E-state index in [1.54, 1.807) is 18.2 Å². The predicted molar refractivity (Wildman–Crippen MR) is 49.5 cm³/mol. The smallest absolute Gasteiger partial charge is 0.148 e. The second-order valence-corrected chi connectivity index (χ2v) is 2.39. The van der Waals surface area contributed by atoms with Crippen LogP contribution in [0.1, 0.15) is 5.69 Å². The van der Waals surface area contributed by atoms with Crippen LogP contribution in [-0.2, 0) is 11.2 Å². The summed E-state index contributed by atoms with van der Waals surface area (Å²) in [5.41, 5.74) is 0.643. The van der Waals surface area contributed by atoms with Gasteiger partial charge in [0.25, 0.3) is 0 Å². The van der Waals surface area contributed by atoms with Crippen molar-refractivity contribution in [3.8, 4) is 0 Å². The Balaban J connectivity index is 2.90. The Kier molecular flexibility index (Phi) is 3.10. The zero-order valence-electron chi connectivity index (χ0n) is 6.97. The van der Waals surface area contributed by atoms with Crippen LogP contribution < -0.4 is 10.9 Å². The Bertz CT molecular complexity index is 313. The Morgan fingerprint density at radius 1 is 1.62 bits per heavy atom. The van der Waals surface area contributed by atoms with Gasteiger partial charge in [0.05, 0.1) is 0 Å². The predicted octanol–water partition coefficient (Wildman–Crippen LogP) is 0.110. The number of carbonyl (C=O) groups is 1. The molecule has 0 amide bonds. The molecule has 0 saturated heterocycles. The molecule has 1 aromatic rings. The van der Waals surface area contributed by atoms with Crippen LogP contribution in [0.4, 0.5) is 5.82 Å². The Hall–Kier alpha value is -1.75. The maximum atomic E-state index is 10.2. The first kappa shape index (κ1) is 9.34. The Morgan fingerprint density at radius 3 is 3.00 bits per heavy atom. The van der Waals surface area contributed by atoms with Crippen molar-refractivity contribution in [1.82, 2.24) is 4.98 Å². The molecule has 5 heteroatoms. The monoisotopic (exact) mass is 178 g/mol. The molecule has 0 aliphatic rings. The van der Waals surface area contributed by atoms with Gasteiger partial charge < -0.3 is 4.79 Å². The maximum absolute atomic E-state index is 10.2. The minimum atomic E-state index is 0.264. The molecule has 3 N–H and O–H groups in total. The van der Waals surface area contributed by atoms with E-state index in [4.69, 9.17) is 11.3 Å². The van der Waals surface area contributed by atoms with Gasteiger partial charge in [-0.25, -0.2) is 10.8 Å². The molecule has 68 valence electrons. The first-order chi connectivity index (χ1) is 6.27. The number of aldehydes is 1. The van der Waals surface area contributed by atoms with Gasteiger partial charge in [-0.1, -0.05) is 6.07 Å². The minimum absolute atomic E-state index is 0.264. The van der Waals surface area contributed by atoms with Crippen LogP contribution in [0.15, 0.2) is 18.2 Å². The fourth-order valence-electron chi connectivity index (χ4n) is 0.876. The standard InChI is InChI=1S/C8H10N4O/c9-6-12(10)8-3-1-2-7(11-8)4-5-13/h1-3,5-6,9H,4,10H2. The van der Waals surface area contributed by atoms with Gasteiger partial charge in [-0.05, 0) is 12.1 Å². The summed E-state index contributed by atoms with van der Waals surface area (Å²) >= 11 is 0. The molecule has 0 bridgehead atoms. The van der Waals surface area contributed by atoms with E-state index < -0.39 is 0 Å². The number of nitrogens with one attached hydrogen (secondary N) is 1. The number of hydrazine groups is 1. The van der Waals surface area contributed by atoms with Gasteiger partial charge >= 0.3 is 0 Å². The summed E-state index contributed by atoms with van der Waals surface area (Å²) in [6, 6.07) is 5.14. The fourth-order valence-corrected chi connectivity index (χ4v) is 0.876. The minimum Gasteiger partial charge on any atom is -0.303 e. The van der Waals surface area contributed by atoms with Crippen molar-refractivity contribution >= 4 is 18.4 Å². The summed E-state index contributed by atoms with van der Waals surface area (Å²) in [5.74, 6) is 5.85. The van der Waals surface area contributed by atoms with Gasteiger partial charge in [0.1, 0.15) is 18.4 Å². The van der Waals surface area contributed by atoms with Crippen LogP contribution in [0.25, 0.3) is 0 Å². The molecule has 1 rings (SSSR count). The summed E-state index contributed by atoms with van der Waals surface area (Å²) in [7, 11) is 0. The van der Waals surface area contributed by atoms with Crippen molar-refractivity contribution in [3.63, 3.8) is 0 Å². The van der Waals surface area contributed by atoms with Gasteiger partial charge in [-0.15, -0.1) is 0 Å². The number of anilines is 1. The molecule has 1 heterocycles. The summed E-state index contributed by atoms with van der Waals surface area (Å²) in [5, 5.41) is 7.96. The second-order valence-electron chi connectivity index (χ2n) is 2.39. The fraction of sp³-hybridized carbons (Fsp3) is 0.125. The maximum Gasteiger partial charge on any atom is 0.148 e. The normalized spacial score (nSPS) is 9.31. The highest BCUT2D eigenvalue weighted by Gasteiger charge is 2.00. The SMILES string of the molecule is N=CN(N)c1cccc(CC=O)n1. The van der Waals surface area contributed by atoms with Gasteiger partial charge in [-0.2, -0.15) is 0 Å². The van der Waals surface area contributed by atoms with Gasteiger partial charge in [0, 0.05) is 12.1 Å². The number of pyridine rings is 1. The van der Waals surface area contributed by atoms with Crippen LogP contribution in [0, 0.1) is 5.41 Å². The number of rotatable bonds is 4. The van der Waals surface area contributed by atoms with E-state index in [0.29, 0.717) is 11.5 Å². The average Bonchev–Trinajstić information content (AvgIpc) is 2.18. The lowest BCUT2D eigenvalue weighted by molar-refractivity contribution is -0.107. The number of hydrogen-bond acceptors (Lipinski definition) is 4. The largest absolute Gasteiger partial charge is 0.303 e. The molecule has 0 saturated carbocycles. The highest BCUT2D eigenvalue weighted by molar-refractivity contribution is 5.73. The second kappa shape index (κ2) is 4.32. The van der Waals surface area contributed by atoms with Gasteiger partial charge in [-0.3, -0.25) is 10.4 Å². The van der Waals surface area contributed by atoms with E-state index in [0.717, 1.165) is 17.6 Å². The zero-order chi connectivity index (χ0) is 9.68. The third kappa shape index (κ3) is 2.34. The quantitative estimate of drug-likeness (QED) is 0.225. The van der Waals surface area contributed by atoms with Gasteiger partial charge in [0.2, 0.25) is 0 Å². The van der Waals surface area contributed by atoms with Crippen LogP contribution in [0.3, 0.4) is 0 Å². The Morgan fingerprint density at radius 2 is 2.38 bits per heavy atom. The van der Waals surface area contributed by atoms with E-state index in [1.807, 2.05) is 0 Å². The van der Waals surface area contributed by atoms with Crippen molar-refractivity contribution in [2.24, 2.45) is 5.84 Å². The zero-order valence-corrected chi connectivity index (χ0v) is 6.97. The molecular formula is C8H10N4O. The molecule has 0 aliphatic heterocycles. The molecule has 0 aliphatic carbocycles. The number of nitrogens with two attached hydrogens (primary N) is 1. The van der Waals surface area contributed by atoms with E-state index >= 15 is 0 Å². The highest BCUT2D eigenvalue weighted by Crippen LogP contribution is 2.06. The molecule has 0 atom stereocenters. The third-order valence-corrected chi connectivity index (χ3v) is 1.49. The summed E-state index contributed by atoms with van der Waals surface area (Å²) < 4.78 is 0. The number of aromatic nitrogens is 1. The third-order valence-electron chi connectivity index (χ3n) is 1.49. The lowest BCUT2D eigenvalue weighted by atomic mass is 10.3. The number of nitrogens with zero attached hydrogens (tertiary/aromatic N) is 2. The molecule has 0 radical (unpaired) electrons. The molecule has 1 aromatic heterocycles. The van der Waals surface area contributed by atoms with E-state index in [2.05, 4.69) is 4.98 Å². The van der Waals surface area contributed by atoms with Crippen molar-refractivity contribution in [2.45, 2.75) is 6.42 Å². The topological polar surface area (TPSA) is 83.1 Å². The lowest BCUT2D eigenvalue weighted by Crippen LogP contribution is -2.29. The summed E-state index contributed by atoms with van der Waals surface area (Å²) in [6.07, 6.45) is 1.99. The van der Waals surface area contributed by atoms with Crippen LogP contribution in [0.5, 0.6) is 0 Å². The van der Waals surface area contributed by atoms with E-state index in [1.165, 1.54) is 0 Å². The van der Waals surface area contributed by atoms with Crippen LogP contribution >= 0.6 is 0 Å². The molecule has 0 spiro atoms. The number of carbonyl (C=O) groups excluding carboxylic acids is 1. The summed E-state index contributed by atoms with van der Waals surface area (Å²) in [6.45, 7) is 0. The molecule has 13 heavy (non-hydrogen) atoms.